The van der Waals surface area contributed by atoms with Gasteiger partial charge in [-0.25, -0.2) is 14.8 Å². The molecule has 6 heteroatoms. The molecule has 0 radical (unpaired) electrons. The summed E-state index contributed by atoms with van der Waals surface area (Å²) in [5.41, 5.74) is 2.03. The number of likely N-dealkylation sites (N-methyl/N-ethyl adjacent to an activating group) is 1. The van der Waals surface area contributed by atoms with Crippen LogP contribution in [0.1, 0.15) is 20.8 Å². The number of hydrogen-bond acceptors (Lipinski definition) is 3. The van der Waals surface area contributed by atoms with Gasteiger partial charge < -0.3 is 10.2 Å². The minimum absolute atomic E-state index is 0.131. The van der Waals surface area contributed by atoms with Gasteiger partial charge in [0.1, 0.15) is 0 Å². The summed E-state index contributed by atoms with van der Waals surface area (Å²) in [6.07, 6.45) is 0. The Balaban J connectivity index is 4.46. The van der Waals surface area contributed by atoms with E-state index < -0.39 is 17.5 Å². The van der Waals surface area contributed by atoms with Gasteiger partial charge in [0.25, 0.3) is 0 Å². The van der Waals surface area contributed by atoms with Crippen LogP contribution in [0, 0.1) is 0 Å². The summed E-state index contributed by atoms with van der Waals surface area (Å²) in [4.78, 5) is 14.3. The topological polar surface area (TPSA) is 84.8 Å². The standard InChI is InChI=1S/C9H19N3O3/c1-9(2,3)10-8(15)11-12(4,5)6-7(13)14/h6H2,1-5H3,(H2-,10,11,13,14,15). The predicted octanol–water partition coefficient (Wildman–Crippen LogP) is -0.833. The van der Waals surface area contributed by atoms with Crippen LogP contribution in [0.25, 0.3) is 0 Å². The van der Waals surface area contributed by atoms with Gasteiger partial charge >= 0.3 is 5.97 Å². The van der Waals surface area contributed by atoms with E-state index in [0.717, 1.165) is 0 Å². The molecule has 0 heterocycles. The van der Waals surface area contributed by atoms with E-state index in [1.165, 1.54) is 0 Å². The van der Waals surface area contributed by atoms with E-state index in [2.05, 4.69) is 10.4 Å². The van der Waals surface area contributed by atoms with E-state index in [-0.39, 0.29) is 11.1 Å². The number of carboxylic acid groups (broad SMARTS) is 1. The summed E-state index contributed by atoms with van der Waals surface area (Å²) in [6, 6.07) is -0.506. The van der Waals surface area contributed by atoms with Crippen LogP contribution in [0.5, 0.6) is 0 Å². The van der Waals surface area contributed by atoms with Crippen molar-refractivity contribution in [2.75, 3.05) is 20.6 Å². The maximum atomic E-state index is 11.4. The lowest BCUT2D eigenvalue weighted by atomic mass is 10.1. The Kier molecular flexibility index (Phi) is 4.09. The Labute approximate surface area is 89.8 Å². The van der Waals surface area contributed by atoms with E-state index in [9.17, 15) is 9.90 Å². The molecule has 0 aliphatic heterocycles. The highest BCUT2D eigenvalue weighted by Crippen LogP contribution is 2.05. The molecule has 0 aliphatic carbocycles. The molecule has 0 fully saturated rings. The van der Waals surface area contributed by atoms with Crippen molar-refractivity contribution < 1.29 is 19.6 Å². The van der Waals surface area contributed by atoms with E-state index >= 15 is 0 Å². The zero-order valence-corrected chi connectivity index (χ0v) is 9.87. The molecule has 0 aromatic carbocycles. The van der Waals surface area contributed by atoms with Gasteiger partial charge in [0.2, 0.25) is 0 Å². The van der Waals surface area contributed by atoms with Gasteiger partial charge in [0.05, 0.1) is 25.7 Å². The van der Waals surface area contributed by atoms with Crippen LogP contribution in [-0.4, -0.2) is 47.9 Å². The van der Waals surface area contributed by atoms with E-state index in [4.69, 9.17) is 5.11 Å². The molecule has 0 aromatic heterocycles. The molecule has 0 aliphatic rings. The number of nitrogens with one attached hydrogen (secondary N) is 1. The highest BCUT2D eigenvalue weighted by atomic mass is 16.4. The van der Waals surface area contributed by atoms with E-state index in [1.807, 2.05) is 0 Å². The van der Waals surface area contributed by atoms with Crippen LogP contribution in [0.4, 0.5) is 0 Å². The molecule has 0 atom stereocenters. The predicted molar refractivity (Wildman–Crippen MR) is 54.9 cm³/mol. The molecule has 0 bridgehead atoms. The third kappa shape index (κ3) is 7.75. The van der Waals surface area contributed by atoms with Crippen LogP contribution < -0.4 is 10.5 Å². The molecular formula is C9H19N3O3. The zero-order chi connectivity index (χ0) is 12.3. The molecule has 2 N–H and O–H groups in total. The molecule has 0 aromatic rings. The van der Waals surface area contributed by atoms with Crippen LogP contribution in [-0.2, 0) is 4.79 Å². The normalized spacial score (nSPS) is 13.8. The van der Waals surface area contributed by atoms with Crippen molar-refractivity contribution >= 4 is 12.0 Å². The summed E-state index contributed by atoms with van der Waals surface area (Å²) < 4.78 is -0.131. The molecule has 0 rings (SSSR count). The van der Waals surface area contributed by atoms with Crippen molar-refractivity contribution in [1.82, 2.24) is 5.43 Å². The lowest BCUT2D eigenvalue weighted by molar-refractivity contribution is -0.919. The average molecular weight is 217 g/mol. The summed E-state index contributed by atoms with van der Waals surface area (Å²) >= 11 is 0. The zero-order valence-electron chi connectivity index (χ0n) is 9.87. The number of aliphatic imine (C=N–C) groups is 1. The van der Waals surface area contributed by atoms with Crippen molar-refractivity contribution in [2.45, 2.75) is 26.3 Å². The van der Waals surface area contributed by atoms with Gasteiger partial charge in [-0.05, 0) is 20.8 Å². The fourth-order valence-corrected chi connectivity index (χ4v) is 0.966. The number of nitrogens with zero attached hydrogens (tertiary/aromatic N) is 2. The Hall–Kier alpha value is -1.30. The molecule has 15 heavy (non-hydrogen) atoms. The van der Waals surface area contributed by atoms with Crippen molar-refractivity contribution in [1.29, 1.82) is 0 Å². The third-order valence-corrected chi connectivity index (χ3v) is 1.37. The Morgan fingerprint density at radius 3 is 2.27 bits per heavy atom. The van der Waals surface area contributed by atoms with E-state index in [0.29, 0.717) is 0 Å². The minimum Gasteiger partial charge on any atom is -0.843 e. The molecule has 0 spiro atoms. The second kappa shape index (κ2) is 4.48. The quantitative estimate of drug-likeness (QED) is 0.279. The SMILES string of the molecule is CC(C)(C)N=C([O-])N[N+](C)(C)CC(=O)O. The van der Waals surface area contributed by atoms with Crippen LogP contribution in [0.15, 0.2) is 4.99 Å². The smallest absolute Gasteiger partial charge is 0.361 e. The van der Waals surface area contributed by atoms with E-state index in [1.54, 1.807) is 34.9 Å². The lowest BCUT2D eigenvalue weighted by Gasteiger charge is -2.32. The monoisotopic (exact) mass is 217 g/mol. The van der Waals surface area contributed by atoms with Crippen molar-refractivity contribution in [2.24, 2.45) is 4.99 Å². The summed E-state index contributed by atoms with van der Waals surface area (Å²) in [5.74, 6) is -0.976. The molecule has 0 unspecified atom stereocenters. The molecular weight excluding hydrogens is 198 g/mol. The number of carbonyl (C=O) groups is 1. The fourth-order valence-electron chi connectivity index (χ4n) is 0.966. The lowest BCUT2D eigenvalue weighted by Crippen LogP contribution is -2.60. The fraction of sp³-hybridized carbons (Fsp3) is 0.778. The highest BCUT2D eigenvalue weighted by Gasteiger charge is 2.19. The van der Waals surface area contributed by atoms with Crippen molar-refractivity contribution in [3.05, 3.63) is 0 Å². The molecule has 0 saturated heterocycles. The Morgan fingerprint density at radius 2 is 1.93 bits per heavy atom. The number of carboxylic acids is 1. The van der Waals surface area contributed by atoms with Gasteiger partial charge in [0.15, 0.2) is 6.54 Å². The minimum atomic E-state index is -0.976. The summed E-state index contributed by atoms with van der Waals surface area (Å²) in [6.45, 7) is 5.20. The molecule has 6 nitrogen and oxygen atoms in total. The highest BCUT2D eigenvalue weighted by molar-refractivity contribution is 5.70. The maximum absolute atomic E-state index is 11.4. The third-order valence-electron chi connectivity index (χ3n) is 1.37. The van der Waals surface area contributed by atoms with Gasteiger partial charge in [0, 0.05) is 0 Å². The van der Waals surface area contributed by atoms with Crippen LogP contribution in [0.2, 0.25) is 0 Å². The summed E-state index contributed by atoms with van der Waals surface area (Å²) in [7, 11) is 3.18. The van der Waals surface area contributed by atoms with Gasteiger partial charge in [-0.1, -0.05) is 0 Å². The number of aliphatic carboxylic acids is 1. The molecule has 88 valence electrons. The van der Waals surface area contributed by atoms with Crippen LogP contribution >= 0.6 is 0 Å². The number of hydrogen-bond donors (Lipinski definition) is 2. The van der Waals surface area contributed by atoms with Gasteiger partial charge in [-0.15, -0.1) is 0 Å². The number of quaternary nitrogens is 1. The van der Waals surface area contributed by atoms with Gasteiger partial charge in [-0.3, -0.25) is 4.99 Å². The van der Waals surface area contributed by atoms with Crippen molar-refractivity contribution in [3.8, 4) is 0 Å². The first-order valence-electron chi connectivity index (χ1n) is 4.62. The largest absolute Gasteiger partial charge is 0.843 e. The Morgan fingerprint density at radius 1 is 1.47 bits per heavy atom. The van der Waals surface area contributed by atoms with Crippen molar-refractivity contribution in [3.63, 3.8) is 0 Å². The number of rotatable bonds is 3. The second-order valence-corrected chi connectivity index (χ2v) is 4.94. The summed E-state index contributed by atoms with van der Waals surface area (Å²) in [5, 5.41) is 20.0. The molecule has 0 saturated carbocycles. The average Bonchev–Trinajstić information content (AvgIpc) is 1.73. The first-order chi connectivity index (χ1) is 6.52. The Bertz CT molecular complexity index is 266. The first-order valence-corrected chi connectivity index (χ1v) is 4.62. The first kappa shape index (κ1) is 13.7. The second-order valence-electron chi connectivity index (χ2n) is 4.94. The van der Waals surface area contributed by atoms with Crippen LogP contribution in [0.3, 0.4) is 0 Å². The number of amidine groups is 1. The molecule has 0 amide bonds. The maximum Gasteiger partial charge on any atom is 0.361 e. The van der Waals surface area contributed by atoms with Gasteiger partial charge in [-0.2, -0.15) is 0 Å².